The van der Waals surface area contributed by atoms with Crippen molar-refractivity contribution in [2.45, 2.75) is 33.6 Å². The molecule has 1 fully saturated rings. The Bertz CT molecular complexity index is 208. The van der Waals surface area contributed by atoms with E-state index < -0.39 is 0 Å². The monoisotopic (exact) mass is 198 g/mol. The second kappa shape index (κ2) is 4.30. The fourth-order valence-corrected chi connectivity index (χ4v) is 2.28. The average molecular weight is 198 g/mol. The summed E-state index contributed by atoms with van der Waals surface area (Å²) in [5.41, 5.74) is 5.68. The quantitative estimate of drug-likeness (QED) is 0.699. The number of carbonyl (C=O) groups excluding carboxylic acids is 1. The Labute approximate surface area is 86.4 Å². The van der Waals surface area contributed by atoms with Gasteiger partial charge in [0.15, 0.2) is 0 Å². The number of rotatable bonds is 2. The Morgan fingerprint density at radius 2 is 2.14 bits per heavy atom. The van der Waals surface area contributed by atoms with Crippen molar-refractivity contribution in [2.24, 2.45) is 23.0 Å². The minimum Gasteiger partial charge on any atom is -0.369 e. The molecule has 1 aliphatic rings. The normalized spacial score (nSPS) is 28.8. The van der Waals surface area contributed by atoms with Gasteiger partial charge in [0, 0.05) is 6.54 Å². The van der Waals surface area contributed by atoms with Crippen molar-refractivity contribution in [2.75, 3.05) is 13.1 Å². The standard InChI is InChI=1S/C11H22N2O/c1-11(2,3)6-8-4-5-13-7-9(8)10(12)14/h8-9,13H,4-7H2,1-3H3,(H2,12,14). The molecule has 2 unspecified atom stereocenters. The molecule has 0 aliphatic carbocycles. The summed E-state index contributed by atoms with van der Waals surface area (Å²) in [7, 11) is 0. The van der Waals surface area contributed by atoms with Crippen LogP contribution < -0.4 is 11.1 Å². The molecule has 3 nitrogen and oxygen atoms in total. The van der Waals surface area contributed by atoms with Crippen LogP contribution in [0.25, 0.3) is 0 Å². The molecule has 0 spiro atoms. The molecule has 0 aromatic rings. The number of hydrogen-bond donors (Lipinski definition) is 2. The van der Waals surface area contributed by atoms with E-state index in [0.717, 1.165) is 25.9 Å². The molecular weight excluding hydrogens is 176 g/mol. The lowest BCUT2D eigenvalue weighted by Crippen LogP contribution is -2.44. The molecule has 0 aromatic carbocycles. The van der Waals surface area contributed by atoms with Crippen LogP contribution in [-0.2, 0) is 4.79 Å². The summed E-state index contributed by atoms with van der Waals surface area (Å²) >= 11 is 0. The summed E-state index contributed by atoms with van der Waals surface area (Å²) in [4.78, 5) is 11.2. The van der Waals surface area contributed by atoms with E-state index in [0.29, 0.717) is 5.92 Å². The first-order valence-corrected chi connectivity index (χ1v) is 5.40. The predicted molar refractivity (Wildman–Crippen MR) is 57.7 cm³/mol. The van der Waals surface area contributed by atoms with Gasteiger partial charge >= 0.3 is 0 Å². The second-order valence-electron chi connectivity index (χ2n) is 5.53. The van der Waals surface area contributed by atoms with Crippen molar-refractivity contribution in [3.63, 3.8) is 0 Å². The number of hydrogen-bond acceptors (Lipinski definition) is 2. The number of amides is 1. The maximum Gasteiger partial charge on any atom is 0.222 e. The third-order valence-electron chi connectivity index (χ3n) is 2.87. The highest BCUT2D eigenvalue weighted by Gasteiger charge is 2.31. The van der Waals surface area contributed by atoms with Crippen molar-refractivity contribution in [1.29, 1.82) is 0 Å². The first kappa shape index (κ1) is 11.5. The van der Waals surface area contributed by atoms with E-state index >= 15 is 0 Å². The number of nitrogens with two attached hydrogens (primary N) is 1. The maximum atomic E-state index is 11.2. The van der Waals surface area contributed by atoms with Crippen molar-refractivity contribution in [1.82, 2.24) is 5.32 Å². The molecule has 0 bridgehead atoms. The summed E-state index contributed by atoms with van der Waals surface area (Å²) in [6.45, 7) is 8.42. The largest absolute Gasteiger partial charge is 0.369 e. The lowest BCUT2D eigenvalue weighted by molar-refractivity contribution is -0.124. The fraction of sp³-hybridized carbons (Fsp3) is 0.909. The first-order valence-electron chi connectivity index (χ1n) is 5.40. The number of piperidine rings is 1. The summed E-state index contributed by atoms with van der Waals surface area (Å²) in [6, 6.07) is 0. The molecule has 3 heteroatoms. The lowest BCUT2D eigenvalue weighted by atomic mass is 9.75. The summed E-state index contributed by atoms with van der Waals surface area (Å²) in [6.07, 6.45) is 2.16. The highest BCUT2D eigenvalue weighted by Crippen LogP contribution is 2.32. The Balaban J connectivity index is 2.59. The molecule has 1 aliphatic heterocycles. The van der Waals surface area contributed by atoms with Crippen molar-refractivity contribution in [3.05, 3.63) is 0 Å². The van der Waals surface area contributed by atoms with Crippen LogP contribution >= 0.6 is 0 Å². The molecule has 1 rings (SSSR count). The zero-order chi connectivity index (χ0) is 10.8. The molecular formula is C11H22N2O. The average Bonchev–Trinajstić information content (AvgIpc) is 2.01. The maximum absolute atomic E-state index is 11.2. The zero-order valence-electron chi connectivity index (χ0n) is 9.47. The summed E-state index contributed by atoms with van der Waals surface area (Å²) in [5, 5.41) is 3.23. The van der Waals surface area contributed by atoms with Crippen LogP contribution in [0, 0.1) is 17.3 Å². The molecule has 1 heterocycles. The topological polar surface area (TPSA) is 55.1 Å². The molecule has 1 saturated heterocycles. The summed E-state index contributed by atoms with van der Waals surface area (Å²) < 4.78 is 0. The van der Waals surface area contributed by atoms with Gasteiger partial charge in [0.2, 0.25) is 5.91 Å². The van der Waals surface area contributed by atoms with E-state index in [-0.39, 0.29) is 17.2 Å². The van der Waals surface area contributed by atoms with Crippen molar-refractivity contribution in [3.8, 4) is 0 Å². The Kier molecular flexibility index (Phi) is 3.53. The minimum absolute atomic E-state index is 0.0305. The van der Waals surface area contributed by atoms with E-state index in [2.05, 4.69) is 26.1 Å². The van der Waals surface area contributed by atoms with Crippen LogP contribution in [0.5, 0.6) is 0 Å². The molecule has 0 saturated carbocycles. The molecule has 0 aromatic heterocycles. The van der Waals surface area contributed by atoms with Gasteiger partial charge in [-0.25, -0.2) is 0 Å². The lowest BCUT2D eigenvalue weighted by Gasteiger charge is -2.34. The predicted octanol–water partition coefficient (Wildman–Crippen LogP) is 1.13. The van der Waals surface area contributed by atoms with Gasteiger partial charge in [-0.15, -0.1) is 0 Å². The van der Waals surface area contributed by atoms with E-state index in [1.807, 2.05) is 0 Å². The highest BCUT2D eigenvalue weighted by atomic mass is 16.1. The Morgan fingerprint density at radius 3 is 2.64 bits per heavy atom. The SMILES string of the molecule is CC(C)(C)CC1CCNCC1C(N)=O. The second-order valence-corrected chi connectivity index (χ2v) is 5.53. The van der Waals surface area contributed by atoms with Crippen molar-refractivity contribution >= 4 is 5.91 Å². The molecule has 14 heavy (non-hydrogen) atoms. The zero-order valence-corrected chi connectivity index (χ0v) is 9.47. The number of carbonyl (C=O) groups is 1. The van der Waals surface area contributed by atoms with Crippen LogP contribution in [0.2, 0.25) is 0 Å². The van der Waals surface area contributed by atoms with Crippen LogP contribution in [-0.4, -0.2) is 19.0 Å². The fourth-order valence-electron chi connectivity index (χ4n) is 2.28. The highest BCUT2D eigenvalue weighted by molar-refractivity contribution is 5.77. The van der Waals surface area contributed by atoms with Gasteiger partial charge in [0.05, 0.1) is 5.92 Å². The first-order chi connectivity index (χ1) is 6.40. The van der Waals surface area contributed by atoms with Gasteiger partial charge in [-0.05, 0) is 30.7 Å². The van der Waals surface area contributed by atoms with Crippen LogP contribution in [0.1, 0.15) is 33.6 Å². The Morgan fingerprint density at radius 1 is 1.50 bits per heavy atom. The third kappa shape index (κ3) is 3.29. The molecule has 3 N–H and O–H groups in total. The molecule has 1 amide bonds. The Hall–Kier alpha value is -0.570. The number of primary amides is 1. The van der Waals surface area contributed by atoms with Crippen LogP contribution in [0.4, 0.5) is 0 Å². The van der Waals surface area contributed by atoms with E-state index in [1.54, 1.807) is 0 Å². The van der Waals surface area contributed by atoms with Crippen LogP contribution in [0.15, 0.2) is 0 Å². The van der Waals surface area contributed by atoms with Crippen molar-refractivity contribution < 1.29 is 4.79 Å². The van der Waals surface area contributed by atoms with Gasteiger partial charge in [-0.1, -0.05) is 20.8 Å². The van der Waals surface area contributed by atoms with Gasteiger partial charge in [-0.2, -0.15) is 0 Å². The minimum atomic E-state index is -0.147. The van der Waals surface area contributed by atoms with Gasteiger partial charge in [0.1, 0.15) is 0 Å². The van der Waals surface area contributed by atoms with Gasteiger partial charge < -0.3 is 11.1 Å². The molecule has 2 atom stereocenters. The molecule has 0 radical (unpaired) electrons. The molecule has 82 valence electrons. The van der Waals surface area contributed by atoms with Gasteiger partial charge in [-0.3, -0.25) is 4.79 Å². The van der Waals surface area contributed by atoms with E-state index in [4.69, 9.17) is 5.73 Å². The smallest absolute Gasteiger partial charge is 0.222 e. The van der Waals surface area contributed by atoms with E-state index in [1.165, 1.54) is 0 Å². The third-order valence-corrected chi connectivity index (χ3v) is 2.87. The van der Waals surface area contributed by atoms with Gasteiger partial charge in [0.25, 0.3) is 0 Å². The number of nitrogens with one attached hydrogen (secondary N) is 1. The summed E-state index contributed by atoms with van der Waals surface area (Å²) in [5.74, 6) is 0.350. The van der Waals surface area contributed by atoms with Crippen LogP contribution in [0.3, 0.4) is 0 Å². The van der Waals surface area contributed by atoms with E-state index in [9.17, 15) is 4.79 Å².